The fourth-order valence-electron chi connectivity index (χ4n) is 1.46. The van der Waals surface area contributed by atoms with Gasteiger partial charge in [0, 0.05) is 24.2 Å². The summed E-state index contributed by atoms with van der Waals surface area (Å²) in [5, 5.41) is 10.1. The van der Waals surface area contributed by atoms with Crippen molar-refractivity contribution in [2.75, 3.05) is 19.6 Å². The second kappa shape index (κ2) is 11.7. The third-order valence-electron chi connectivity index (χ3n) is 2.37. The molecule has 0 aromatic carbocycles. The Labute approximate surface area is 147 Å². The highest BCUT2D eigenvalue weighted by atomic mass is 127. The molecule has 0 saturated carbocycles. The monoisotopic (exact) mass is 425 g/mol. The minimum Gasteiger partial charge on any atom is -0.357 e. The summed E-state index contributed by atoms with van der Waals surface area (Å²) < 4.78 is 0. The number of hydrogen-bond donors (Lipinski definition) is 3. The molecule has 120 valence electrons. The number of aromatic nitrogens is 1. The molecule has 6 nitrogen and oxygen atoms in total. The Balaban J connectivity index is 0.00000400. The lowest BCUT2D eigenvalue weighted by Crippen LogP contribution is -2.38. The van der Waals surface area contributed by atoms with Crippen LogP contribution in [0, 0.1) is 6.92 Å². The molecule has 1 rings (SSSR count). The van der Waals surface area contributed by atoms with Gasteiger partial charge in [-0.2, -0.15) is 0 Å². The average Bonchev–Trinajstić information content (AvgIpc) is 2.85. The molecule has 8 heteroatoms. The summed E-state index contributed by atoms with van der Waals surface area (Å²) in [6.07, 6.45) is 2.78. The highest BCUT2D eigenvalue weighted by molar-refractivity contribution is 14.0. The fraction of sp³-hybridized carbons (Fsp3) is 0.615. The first-order valence-corrected chi connectivity index (χ1v) is 7.67. The summed E-state index contributed by atoms with van der Waals surface area (Å²) in [7, 11) is 0. The molecule has 0 radical (unpaired) electrons. The lowest BCUT2D eigenvalue weighted by atomic mass is 10.4. The Hall–Kier alpha value is -0.900. The van der Waals surface area contributed by atoms with Gasteiger partial charge in [-0.3, -0.25) is 4.79 Å². The van der Waals surface area contributed by atoms with E-state index in [1.165, 1.54) is 4.88 Å². The summed E-state index contributed by atoms with van der Waals surface area (Å²) in [4.78, 5) is 21.2. The molecule has 1 aromatic heterocycles. The zero-order valence-electron chi connectivity index (χ0n) is 12.7. The molecule has 0 fully saturated rings. The van der Waals surface area contributed by atoms with Gasteiger partial charge in [0.1, 0.15) is 11.6 Å². The highest BCUT2D eigenvalue weighted by Crippen LogP contribution is 2.10. The van der Waals surface area contributed by atoms with Crippen molar-refractivity contribution < 1.29 is 4.79 Å². The molecular weight excluding hydrogens is 401 g/mol. The van der Waals surface area contributed by atoms with Gasteiger partial charge >= 0.3 is 0 Å². The summed E-state index contributed by atoms with van der Waals surface area (Å²) in [6, 6.07) is 0. The van der Waals surface area contributed by atoms with Crippen molar-refractivity contribution in [3.05, 3.63) is 16.1 Å². The van der Waals surface area contributed by atoms with Gasteiger partial charge in [0.05, 0.1) is 6.54 Å². The Morgan fingerprint density at radius 2 is 2.10 bits per heavy atom. The van der Waals surface area contributed by atoms with E-state index >= 15 is 0 Å². The predicted octanol–water partition coefficient (Wildman–Crippen LogP) is 1.65. The quantitative estimate of drug-likeness (QED) is 0.353. The fourth-order valence-corrected chi connectivity index (χ4v) is 2.18. The van der Waals surface area contributed by atoms with Crippen molar-refractivity contribution in [2.24, 2.45) is 4.99 Å². The minimum atomic E-state index is -0.0610. The molecule has 0 spiro atoms. The van der Waals surface area contributed by atoms with Crippen LogP contribution >= 0.6 is 35.3 Å². The van der Waals surface area contributed by atoms with E-state index in [1.807, 2.05) is 27.0 Å². The van der Waals surface area contributed by atoms with Gasteiger partial charge in [0.25, 0.3) is 0 Å². The average molecular weight is 425 g/mol. The van der Waals surface area contributed by atoms with Crippen LogP contribution in [0.5, 0.6) is 0 Å². The third-order valence-corrected chi connectivity index (χ3v) is 3.29. The normalized spacial score (nSPS) is 10.7. The maximum absolute atomic E-state index is 11.5. The van der Waals surface area contributed by atoms with Gasteiger partial charge in [-0.25, -0.2) is 9.98 Å². The molecule has 0 unspecified atom stereocenters. The van der Waals surface area contributed by atoms with Gasteiger partial charge in [-0.05, 0) is 20.3 Å². The summed E-state index contributed by atoms with van der Waals surface area (Å²) >= 11 is 1.65. The molecule has 0 aliphatic heterocycles. The van der Waals surface area contributed by atoms with Crippen molar-refractivity contribution >= 4 is 47.2 Å². The molecule has 3 N–H and O–H groups in total. The summed E-state index contributed by atoms with van der Waals surface area (Å²) in [5.41, 5.74) is 0. The number of carbonyl (C=O) groups excluding carboxylic acids is 1. The molecule has 0 atom stereocenters. The summed E-state index contributed by atoms with van der Waals surface area (Å²) in [5.74, 6) is 0.571. The molecule has 0 aliphatic carbocycles. The molecule has 1 heterocycles. The van der Waals surface area contributed by atoms with E-state index in [0.29, 0.717) is 19.0 Å². The molecule has 0 aliphatic rings. The first-order chi connectivity index (χ1) is 9.65. The number of nitrogens with one attached hydrogen (secondary N) is 3. The lowest BCUT2D eigenvalue weighted by Gasteiger charge is -2.10. The van der Waals surface area contributed by atoms with Crippen LogP contribution < -0.4 is 16.0 Å². The van der Waals surface area contributed by atoms with Gasteiger partial charge in [0.2, 0.25) is 5.91 Å². The van der Waals surface area contributed by atoms with Gasteiger partial charge in [-0.1, -0.05) is 6.92 Å². The van der Waals surface area contributed by atoms with Crippen LogP contribution in [-0.4, -0.2) is 36.5 Å². The Kier molecular flexibility index (Phi) is 11.2. The van der Waals surface area contributed by atoms with Crippen molar-refractivity contribution in [1.82, 2.24) is 20.9 Å². The van der Waals surface area contributed by atoms with E-state index in [4.69, 9.17) is 0 Å². The first-order valence-electron chi connectivity index (χ1n) is 6.85. The summed E-state index contributed by atoms with van der Waals surface area (Å²) in [6.45, 7) is 8.22. The minimum absolute atomic E-state index is 0. The number of halogens is 1. The Morgan fingerprint density at radius 3 is 2.67 bits per heavy atom. The number of guanidine groups is 1. The van der Waals surface area contributed by atoms with Crippen molar-refractivity contribution in [3.8, 4) is 0 Å². The van der Waals surface area contributed by atoms with E-state index in [9.17, 15) is 4.79 Å². The molecule has 0 saturated heterocycles. The number of carbonyl (C=O) groups is 1. The molecule has 0 bridgehead atoms. The maximum Gasteiger partial charge on any atom is 0.241 e. The standard InChI is InChI=1S/C13H23N5OS.HI/c1-4-6-15-11(19)8-17-13(14-5-2)18-9-12-16-7-10(3)20-12;/h7H,4-6,8-9H2,1-3H3,(H,15,19)(H2,14,17,18);1H. The van der Waals surface area contributed by atoms with Crippen molar-refractivity contribution in [2.45, 2.75) is 33.7 Å². The van der Waals surface area contributed by atoms with E-state index < -0.39 is 0 Å². The van der Waals surface area contributed by atoms with E-state index in [2.05, 4.69) is 25.9 Å². The Morgan fingerprint density at radius 1 is 1.33 bits per heavy atom. The number of amides is 1. The zero-order valence-corrected chi connectivity index (χ0v) is 15.9. The van der Waals surface area contributed by atoms with Gasteiger partial charge in [-0.15, -0.1) is 35.3 Å². The van der Waals surface area contributed by atoms with Crippen LogP contribution in [-0.2, 0) is 11.3 Å². The zero-order chi connectivity index (χ0) is 14.8. The second-order valence-electron chi connectivity index (χ2n) is 4.26. The lowest BCUT2D eigenvalue weighted by molar-refractivity contribution is -0.119. The number of hydrogen-bond acceptors (Lipinski definition) is 4. The number of rotatable bonds is 7. The predicted molar refractivity (Wildman–Crippen MR) is 98.4 cm³/mol. The number of aryl methyl sites for hydroxylation is 1. The van der Waals surface area contributed by atoms with Crippen LogP contribution in [0.3, 0.4) is 0 Å². The Bertz CT molecular complexity index is 450. The number of aliphatic imine (C=N–C) groups is 1. The van der Waals surface area contributed by atoms with Crippen molar-refractivity contribution in [1.29, 1.82) is 0 Å². The molecule has 21 heavy (non-hydrogen) atoms. The van der Waals surface area contributed by atoms with Crippen LogP contribution in [0.25, 0.3) is 0 Å². The third kappa shape index (κ3) is 8.86. The maximum atomic E-state index is 11.5. The molecule has 1 aromatic rings. The van der Waals surface area contributed by atoms with Crippen molar-refractivity contribution in [3.63, 3.8) is 0 Å². The SMILES string of the molecule is CCCNC(=O)CN=C(NCC)NCc1ncc(C)s1.I. The first kappa shape index (κ1) is 20.1. The number of thiazole rings is 1. The molecular formula is C13H24IN5OS. The second-order valence-corrected chi connectivity index (χ2v) is 5.58. The van der Waals surface area contributed by atoms with Gasteiger partial charge < -0.3 is 16.0 Å². The van der Waals surface area contributed by atoms with Gasteiger partial charge in [0.15, 0.2) is 5.96 Å². The smallest absolute Gasteiger partial charge is 0.241 e. The van der Waals surface area contributed by atoms with Crippen LogP contribution in [0.15, 0.2) is 11.2 Å². The highest BCUT2D eigenvalue weighted by Gasteiger charge is 2.03. The largest absolute Gasteiger partial charge is 0.357 e. The van der Waals surface area contributed by atoms with E-state index in [0.717, 1.165) is 18.0 Å². The number of nitrogens with zero attached hydrogens (tertiary/aromatic N) is 2. The molecule has 1 amide bonds. The topological polar surface area (TPSA) is 78.4 Å². The van der Waals surface area contributed by atoms with E-state index in [-0.39, 0.29) is 36.4 Å². The van der Waals surface area contributed by atoms with E-state index in [1.54, 1.807) is 11.3 Å². The van der Waals surface area contributed by atoms with Crippen LogP contribution in [0.2, 0.25) is 0 Å². The van der Waals surface area contributed by atoms with Crippen LogP contribution in [0.4, 0.5) is 0 Å². The van der Waals surface area contributed by atoms with Crippen LogP contribution in [0.1, 0.15) is 30.2 Å².